The van der Waals surface area contributed by atoms with Crippen molar-refractivity contribution in [3.8, 4) is 0 Å². The third kappa shape index (κ3) is 2.78. The van der Waals surface area contributed by atoms with Gasteiger partial charge in [-0.1, -0.05) is 11.2 Å². The molecule has 6 nitrogen and oxygen atoms in total. The van der Waals surface area contributed by atoms with Crippen LogP contribution in [0.4, 0.5) is 14.5 Å². The lowest BCUT2D eigenvalue weighted by Gasteiger charge is -2.35. The summed E-state index contributed by atoms with van der Waals surface area (Å²) in [6.07, 6.45) is 0. The van der Waals surface area contributed by atoms with E-state index in [0.717, 1.165) is 0 Å². The van der Waals surface area contributed by atoms with Crippen molar-refractivity contribution in [1.82, 2.24) is 9.46 Å². The summed E-state index contributed by atoms with van der Waals surface area (Å²) in [7, 11) is -3.74. The lowest BCUT2D eigenvalue weighted by atomic mass is 10.2. The van der Waals surface area contributed by atoms with E-state index in [-0.39, 0.29) is 42.5 Å². The number of nitrogens with zero attached hydrogens (tertiary/aromatic N) is 3. The zero-order valence-corrected chi connectivity index (χ0v) is 14.1. The van der Waals surface area contributed by atoms with Crippen LogP contribution in [0.25, 0.3) is 0 Å². The molecule has 1 aromatic carbocycles. The highest BCUT2D eigenvalue weighted by Crippen LogP contribution is 2.27. The zero-order valence-electron chi connectivity index (χ0n) is 13.3. The van der Waals surface area contributed by atoms with Crippen LogP contribution in [0.5, 0.6) is 0 Å². The lowest BCUT2D eigenvalue weighted by Crippen LogP contribution is -2.49. The molecule has 3 rings (SSSR count). The number of piperazine rings is 1. The summed E-state index contributed by atoms with van der Waals surface area (Å²) < 4.78 is 59.4. The molecule has 0 bridgehead atoms. The van der Waals surface area contributed by atoms with Crippen LogP contribution in [-0.2, 0) is 10.0 Å². The van der Waals surface area contributed by atoms with Crippen molar-refractivity contribution in [3.05, 3.63) is 41.3 Å². The molecule has 24 heavy (non-hydrogen) atoms. The molecular weight excluding hydrogens is 340 g/mol. The molecule has 0 saturated carbocycles. The minimum atomic E-state index is -3.74. The second-order valence-corrected chi connectivity index (χ2v) is 7.49. The molecular formula is C15H17F2N3O3S. The highest BCUT2D eigenvalue weighted by molar-refractivity contribution is 7.89. The molecule has 0 radical (unpaired) electrons. The molecule has 0 spiro atoms. The van der Waals surface area contributed by atoms with Gasteiger partial charge in [0.2, 0.25) is 10.0 Å². The summed E-state index contributed by atoms with van der Waals surface area (Å²) in [4.78, 5) is 1.58. The van der Waals surface area contributed by atoms with Crippen molar-refractivity contribution in [2.75, 3.05) is 31.1 Å². The van der Waals surface area contributed by atoms with Crippen LogP contribution in [0.2, 0.25) is 0 Å². The van der Waals surface area contributed by atoms with E-state index in [4.69, 9.17) is 4.52 Å². The van der Waals surface area contributed by atoms with E-state index in [1.807, 2.05) is 0 Å². The van der Waals surface area contributed by atoms with Crippen molar-refractivity contribution in [2.24, 2.45) is 0 Å². The van der Waals surface area contributed by atoms with Crippen LogP contribution in [0.1, 0.15) is 11.5 Å². The summed E-state index contributed by atoms with van der Waals surface area (Å²) in [6.45, 7) is 3.74. The van der Waals surface area contributed by atoms with Gasteiger partial charge < -0.3 is 9.42 Å². The molecule has 2 heterocycles. The molecule has 0 unspecified atom stereocenters. The number of aryl methyl sites for hydroxylation is 2. The van der Waals surface area contributed by atoms with Crippen molar-refractivity contribution >= 4 is 15.7 Å². The Hall–Kier alpha value is -2.00. The first-order valence-corrected chi connectivity index (χ1v) is 8.88. The average molecular weight is 357 g/mol. The number of para-hydroxylation sites is 1. The van der Waals surface area contributed by atoms with Crippen LogP contribution >= 0.6 is 0 Å². The van der Waals surface area contributed by atoms with Gasteiger partial charge in [-0.25, -0.2) is 17.2 Å². The smallest absolute Gasteiger partial charge is 0.248 e. The topological polar surface area (TPSA) is 66.7 Å². The Bertz CT molecular complexity index is 819. The quantitative estimate of drug-likeness (QED) is 0.841. The third-order valence-electron chi connectivity index (χ3n) is 4.06. The maximum absolute atomic E-state index is 13.9. The van der Waals surface area contributed by atoms with E-state index in [9.17, 15) is 17.2 Å². The second-order valence-electron chi connectivity index (χ2n) is 5.61. The molecule has 2 aromatic rings. The minimum absolute atomic E-state index is 0.0630. The average Bonchev–Trinajstić information content (AvgIpc) is 2.87. The molecule has 0 N–H and O–H groups in total. The summed E-state index contributed by atoms with van der Waals surface area (Å²) in [5, 5.41) is 3.67. The number of halogens is 2. The van der Waals surface area contributed by atoms with Gasteiger partial charge in [0.25, 0.3) is 0 Å². The molecule has 9 heteroatoms. The normalized spacial score (nSPS) is 16.6. The van der Waals surface area contributed by atoms with E-state index in [1.165, 1.54) is 34.3 Å². The predicted octanol–water partition coefficient (Wildman–Crippen LogP) is 2.08. The summed E-state index contributed by atoms with van der Waals surface area (Å²) >= 11 is 0. The molecule has 1 saturated heterocycles. The molecule has 0 atom stereocenters. The monoisotopic (exact) mass is 357 g/mol. The van der Waals surface area contributed by atoms with Gasteiger partial charge in [0.15, 0.2) is 5.76 Å². The Kier molecular flexibility index (Phi) is 4.31. The number of hydrogen-bond donors (Lipinski definition) is 0. The van der Waals surface area contributed by atoms with Crippen LogP contribution in [0.3, 0.4) is 0 Å². The van der Waals surface area contributed by atoms with E-state index in [0.29, 0.717) is 5.69 Å². The van der Waals surface area contributed by atoms with Crippen molar-refractivity contribution in [1.29, 1.82) is 0 Å². The first-order valence-electron chi connectivity index (χ1n) is 7.44. The Morgan fingerprint density at radius 1 is 1.08 bits per heavy atom. The Balaban J connectivity index is 1.81. The molecule has 130 valence electrons. The van der Waals surface area contributed by atoms with Crippen molar-refractivity contribution in [3.63, 3.8) is 0 Å². The van der Waals surface area contributed by atoms with Crippen LogP contribution < -0.4 is 4.90 Å². The van der Waals surface area contributed by atoms with E-state index in [2.05, 4.69) is 5.16 Å². The van der Waals surface area contributed by atoms with Gasteiger partial charge in [0.1, 0.15) is 27.9 Å². The highest BCUT2D eigenvalue weighted by Gasteiger charge is 2.34. The molecule has 0 amide bonds. The van der Waals surface area contributed by atoms with Gasteiger partial charge in [-0.05, 0) is 26.0 Å². The Morgan fingerprint density at radius 3 is 2.17 bits per heavy atom. The molecule has 0 aliphatic carbocycles. The number of benzene rings is 1. The first kappa shape index (κ1) is 16.8. The number of aromatic nitrogens is 1. The molecule has 1 aliphatic rings. The third-order valence-corrected chi connectivity index (χ3v) is 6.20. The van der Waals surface area contributed by atoms with Crippen LogP contribution in [0.15, 0.2) is 27.6 Å². The minimum Gasteiger partial charge on any atom is -0.364 e. The fourth-order valence-electron chi connectivity index (χ4n) is 2.92. The second kappa shape index (κ2) is 6.14. The standard InChI is InChI=1S/C15H17F2N3O3S/c1-10-15(11(2)23-18-10)24(21,22)20-8-6-19(7-9-20)14-12(16)4-3-5-13(14)17/h3-5H,6-9H2,1-2H3. The van der Waals surface area contributed by atoms with E-state index >= 15 is 0 Å². The van der Waals surface area contributed by atoms with Gasteiger partial charge >= 0.3 is 0 Å². The summed E-state index contributed by atoms with van der Waals surface area (Å²) in [5.41, 5.74) is 0.182. The largest absolute Gasteiger partial charge is 0.364 e. The number of rotatable bonds is 3. The first-order chi connectivity index (χ1) is 11.3. The number of anilines is 1. The van der Waals surface area contributed by atoms with Gasteiger partial charge in [-0.2, -0.15) is 4.31 Å². The Labute approximate surface area is 138 Å². The van der Waals surface area contributed by atoms with Crippen molar-refractivity contribution < 1.29 is 21.7 Å². The number of sulfonamides is 1. The van der Waals surface area contributed by atoms with E-state index in [1.54, 1.807) is 6.92 Å². The Morgan fingerprint density at radius 2 is 1.67 bits per heavy atom. The fraction of sp³-hybridized carbons (Fsp3) is 0.400. The van der Waals surface area contributed by atoms with Gasteiger partial charge in [0, 0.05) is 26.2 Å². The number of hydrogen-bond acceptors (Lipinski definition) is 5. The summed E-state index contributed by atoms with van der Waals surface area (Å²) in [5.74, 6) is -1.08. The van der Waals surface area contributed by atoms with Crippen LogP contribution in [-0.4, -0.2) is 44.1 Å². The van der Waals surface area contributed by atoms with Crippen LogP contribution in [0, 0.1) is 25.5 Å². The molecule has 1 aromatic heterocycles. The molecule has 1 aliphatic heterocycles. The van der Waals surface area contributed by atoms with Gasteiger partial charge in [-0.15, -0.1) is 0 Å². The SMILES string of the molecule is Cc1noc(C)c1S(=O)(=O)N1CCN(c2c(F)cccc2F)CC1. The predicted molar refractivity (Wildman–Crippen MR) is 83.3 cm³/mol. The maximum Gasteiger partial charge on any atom is 0.248 e. The van der Waals surface area contributed by atoms with Gasteiger partial charge in [0.05, 0.1) is 0 Å². The van der Waals surface area contributed by atoms with Gasteiger partial charge in [-0.3, -0.25) is 0 Å². The molecule has 1 fully saturated rings. The fourth-order valence-corrected chi connectivity index (χ4v) is 4.63. The lowest BCUT2D eigenvalue weighted by molar-refractivity contribution is 0.376. The van der Waals surface area contributed by atoms with E-state index < -0.39 is 21.7 Å². The maximum atomic E-state index is 13.9. The zero-order chi connectivity index (χ0) is 17.5. The van der Waals surface area contributed by atoms with Crippen molar-refractivity contribution in [2.45, 2.75) is 18.7 Å². The highest BCUT2D eigenvalue weighted by atomic mass is 32.2. The summed E-state index contributed by atoms with van der Waals surface area (Å²) in [6, 6.07) is 3.67.